The van der Waals surface area contributed by atoms with Crippen LogP contribution in [0.5, 0.6) is 0 Å². The monoisotopic (exact) mass is 792 g/mol. The van der Waals surface area contributed by atoms with Gasteiger partial charge in [0.05, 0.1) is 29.2 Å². The van der Waals surface area contributed by atoms with Crippen molar-refractivity contribution in [1.82, 2.24) is 0 Å². The van der Waals surface area contributed by atoms with E-state index in [2.05, 4.69) is 30.0 Å². The molecule has 20 heteroatoms. The largest absolute Gasteiger partial charge is 0.387 e. The predicted octanol–water partition coefficient (Wildman–Crippen LogP) is 5.09. The molecule has 0 fully saturated rings. The summed E-state index contributed by atoms with van der Waals surface area (Å²) in [7, 11) is 0. The van der Waals surface area contributed by atoms with Gasteiger partial charge in [0.1, 0.15) is 11.7 Å². The zero-order valence-electron chi connectivity index (χ0n) is 29.1. The van der Waals surface area contributed by atoms with E-state index in [0.717, 1.165) is 11.1 Å². The molecule has 288 valence electrons. The fourth-order valence-corrected chi connectivity index (χ4v) is 2.49. The molecule has 2 aromatic carbocycles. The maximum absolute atomic E-state index is 7.49. The highest BCUT2D eigenvalue weighted by atomic mass is 35.5. The summed E-state index contributed by atoms with van der Waals surface area (Å²) in [6, 6.07) is 18.5. The Hall–Kier alpha value is -4.90. The first-order chi connectivity index (χ1) is 21.3. The molecule has 0 saturated heterocycles. The summed E-state index contributed by atoms with van der Waals surface area (Å²) in [5.41, 5.74) is 33.4. The third kappa shape index (κ3) is 37.8. The molecule has 0 aliphatic rings. The topological polar surface area (TPSA) is 326 Å². The van der Waals surface area contributed by atoms with Crippen LogP contribution in [0.3, 0.4) is 0 Å². The first-order valence-electron chi connectivity index (χ1n) is 13.7. The molecule has 0 atom stereocenters. The molecule has 0 bridgehead atoms. The standard InChI is InChI=1S/C10H13N5.C9H11N3.C6H13N3.C5H11N5.CH4.4ClH/c1-7(11)14-10(13)15-9(12)8-5-3-2-4-6-8;1-7(10)12-9(11)8-5-3-2-4-6-8;1-4(2)6(8)9-5(3)7;1-3(6)9-5(8)10-4(2)7;;;;;/h2-6H,1H3,(H5,11,12,13,14,15);2-6H,1H3,(H3,10,11,12);4H,1-3H3,(H3,7,8,9);1-2H3,(H5,6,7,8,9,10);1H4;4*1H. The second kappa shape index (κ2) is 34.9. The van der Waals surface area contributed by atoms with Gasteiger partial charge in [-0.3, -0.25) is 21.6 Å². The summed E-state index contributed by atoms with van der Waals surface area (Å²) in [4.78, 5) is 22.1. The highest BCUT2D eigenvalue weighted by Crippen LogP contribution is 2.00. The van der Waals surface area contributed by atoms with E-state index in [0.29, 0.717) is 29.2 Å². The van der Waals surface area contributed by atoms with Crippen molar-refractivity contribution in [2.75, 3.05) is 0 Å². The minimum atomic E-state index is -0.198. The maximum atomic E-state index is 7.49. The SMILES string of the molecule is C.CC(N)=NC(=N)C(C)C.CC(N)=NC(=N)N=C(C)N.CC(N)=NC(=N)N=C(N)c1ccccc1.CC(N)=NC(=N)c1ccccc1.Cl.Cl.Cl.Cl. The van der Waals surface area contributed by atoms with E-state index in [-0.39, 0.29) is 92.4 Å². The molecule has 2 aromatic rings. The van der Waals surface area contributed by atoms with Crippen molar-refractivity contribution >= 4 is 108 Å². The van der Waals surface area contributed by atoms with Gasteiger partial charge >= 0.3 is 0 Å². The number of nitrogens with one attached hydrogen (secondary N) is 4. The quantitative estimate of drug-likeness (QED) is 0.149. The van der Waals surface area contributed by atoms with Crippen LogP contribution in [-0.4, -0.2) is 58.6 Å². The van der Waals surface area contributed by atoms with Crippen LogP contribution >= 0.6 is 49.6 Å². The van der Waals surface area contributed by atoms with Crippen molar-refractivity contribution in [3.63, 3.8) is 0 Å². The molecule has 0 radical (unpaired) electrons. The van der Waals surface area contributed by atoms with Gasteiger partial charge in [0.15, 0.2) is 5.84 Å². The van der Waals surface area contributed by atoms with E-state index >= 15 is 0 Å². The first kappa shape index (κ1) is 61.3. The fourth-order valence-electron chi connectivity index (χ4n) is 2.49. The Labute approximate surface area is 326 Å². The molecule has 0 amide bonds. The van der Waals surface area contributed by atoms with Crippen molar-refractivity contribution in [2.45, 2.75) is 55.9 Å². The highest BCUT2D eigenvalue weighted by molar-refractivity contribution is 6.06. The minimum Gasteiger partial charge on any atom is -0.387 e. The second-order valence-electron chi connectivity index (χ2n) is 9.53. The van der Waals surface area contributed by atoms with Gasteiger partial charge in [0.2, 0.25) is 11.9 Å². The maximum Gasteiger partial charge on any atom is 0.245 e. The Balaban J connectivity index is -0.0000000998. The number of amidine groups is 8. The molecule has 0 aliphatic heterocycles. The fraction of sp³-hybridized carbons (Fsp3) is 0.290. The van der Waals surface area contributed by atoms with Gasteiger partial charge in [0, 0.05) is 17.0 Å². The average Bonchev–Trinajstić information content (AvgIpc) is 2.93. The van der Waals surface area contributed by atoms with E-state index in [9.17, 15) is 0 Å². The highest BCUT2D eigenvalue weighted by Gasteiger charge is 1.99. The molecule has 16 N–H and O–H groups in total. The average molecular weight is 795 g/mol. The van der Waals surface area contributed by atoms with Crippen LogP contribution in [0.4, 0.5) is 0 Å². The molecule has 0 unspecified atom stereocenters. The van der Waals surface area contributed by atoms with Crippen LogP contribution < -0.4 is 34.4 Å². The van der Waals surface area contributed by atoms with Crippen LogP contribution in [0.25, 0.3) is 0 Å². The molecule has 0 aromatic heterocycles. The van der Waals surface area contributed by atoms with Crippen LogP contribution in [-0.2, 0) is 0 Å². The summed E-state index contributed by atoms with van der Waals surface area (Å²) < 4.78 is 0. The van der Waals surface area contributed by atoms with Gasteiger partial charge in [-0.2, -0.15) is 20.0 Å². The summed E-state index contributed by atoms with van der Waals surface area (Å²) in [6.45, 7) is 11.9. The van der Waals surface area contributed by atoms with E-state index in [1.807, 2.05) is 74.5 Å². The van der Waals surface area contributed by atoms with Gasteiger partial charge in [0.25, 0.3) is 0 Å². The van der Waals surface area contributed by atoms with Gasteiger partial charge in [-0.15, -0.1) is 49.6 Å². The number of aliphatic imine (C=N–C) groups is 6. The number of hydrogen-bond acceptors (Lipinski definition) is 4. The van der Waals surface area contributed by atoms with Crippen LogP contribution in [0.15, 0.2) is 90.6 Å². The smallest absolute Gasteiger partial charge is 0.245 e. The first-order valence-corrected chi connectivity index (χ1v) is 13.7. The van der Waals surface area contributed by atoms with Gasteiger partial charge in [-0.25, -0.2) is 9.98 Å². The lowest BCUT2D eigenvalue weighted by atomic mass is 10.2. The number of nitrogens with zero attached hydrogens (tertiary/aromatic N) is 6. The Kier molecular flexibility index (Phi) is 42.0. The van der Waals surface area contributed by atoms with E-state index in [1.54, 1.807) is 34.6 Å². The summed E-state index contributed by atoms with van der Waals surface area (Å²) in [5.74, 6) is 2.35. The Morgan fingerprint density at radius 2 is 0.765 bits per heavy atom. The van der Waals surface area contributed by atoms with Crippen LogP contribution in [0.1, 0.15) is 67.0 Å². The van der Waals surface area contributed by atoms with Crippen molar-refractivity contribution in [1.29, 1.82) is 21.6 Å². The molecular formula is C31H56Cl4N16. The third-order valence-electron chi connectivity index (χ3n) is 4.32. The van der Waals surface area contributed by atoms with Crippen molar-refractivity contribution < 1.29 is 0 Å². The predicted molar refractivity (Wildman–Crippen MR) is 231 cm³/mol. The Morgan fingerprint density at radius 1 is 0.471 bits per heavy atom. The molecule has 16 nitrogen and oxygen atoms in total. The number of nitrogens with two attached hydrogens (primary N) is 6. The van der Waals surface area contributed by atoms with E-state index in [4.69, 9.17) is 56.0 Å². The van der Waals surface area contributed by atoms with E-state index in [1.165, 1.54) is 0 Å². The molecule has 0 spiro atoms. The lowest BCUT2D eigenvalue weighted by Crippen LogP contribution is -2.16. The molecular weight excluding hydrogens is 738 g/mol. The molecule has 0 saturated carbocycles. The van der Waals surface area contributed by atoms with Gasteiger partial charge in [-0.05, 0) is 34.6 Å². The summed E-state index contributed by atoms with van der Waals surface area (Å²) in [6.07, 6.45) is 0. The van der Waals surface area contributed by atoms with Gasteiger partial charge < -0.3 is 34.4 Å². The van der Waals surface area contributed by atoms with Crippen LogP contribution in [0, 0.1) is 27.6 Å². The van der Waals surface area contributed by atoms with Crippen molar-refractivity contribution in [3.05, 3.63) is 71.8 Å². The Morgan fingerprint density at radius 3 is 1.04 bits per heavy atom. The zero-order valence-corrected chi connectivity index (χ0v) is 32.4. The lowest BCUT2D eigenvalue weighted by Gasteiger charge is -1.99. The minimum absolute atomic E-state index is 0. The van der Waals surface area contributed by atoms with Crippen molar-refractivity contribution in [3.8, 4) is 0 Å². The normalized spacial score (nSPS) is 11.1. The Bertz CT molecular complexity index is 1450. The van der Waals surface area contributed by atoms with Gasteiger partial charge in [-0.1, -0.05) is 81.9 Å². The molecule has 2 rings (SSSR count). The van der Waals surface area contributed by atoms with E-state index < -0.39 is 0 Å². The molecule has 51 heavy (non-hydrogen) atoms. The summed E-state index contributed by atoms with van der Waals surface area (Å²) >= 11 is 0. The van der Waals surface area contributed by atoms with Crippen molar-refractivity contribution in [2.24, 2.45) is 70.3 Å². The third-order valence-corrected chi connectivity index (χ3v) is 4.32. The number of halogens is 4. The summed E-state index contributed by atoms with van der Waals surface area (Å²) in [5, 5.41) is 29.1. The molecule has 0 aliphatic carbocycles. The number of hydrogen-bond donors (Lipinski definition) is 10. The van der Waals surface area contributed by atoms with Crippen LogP contribution in [0.2, 0.25) is 0 Å². The second-order valence-corrected chi connectivity index (χ2v) is 9.53. The number of benzene rings is 2. The molecule has 0 heterocycles. The number of guanidine groups is 2. The number of rotatable bonds is 3. The lowest BCUT2D eigenvalue weighted by molar-refractivity contribution is 0.864. The zero-order chi connectivity index (χ0) is 35.8.